The molecule has 1 aliphatic rings. The summed E-state index contributed by atoms with van der Waals surface area (Å²) in [5.74, 6) is 0. The van der Waals surface area contributed by atoms with Crippen LogP contribution in [-0.2, 0) is 5.41 Å². The average molecular weight is 667 g/mol. The first kappa shape index (κ1) is 29.2. The standard InChI is InChI=1S/C49H34N2O/c1-49(2)41-19-9-5-13-33(41)34-25-23-32(30-42(34)49)50(31-24-28-48-40(29-31)39-18-8-12-22-47(39)52-48)45-26-27-46(38-15-4-3-14-37(38)45)51-43-20-10-6-16-35(43)36-17-7-11-21-44(36)51/h3-30H,1-2H3. The van der Waals surface area contributed by atoms with Crippen LogP contribution in [0.15, 0.2) is 174 Å². The highest BCUT2D eigenvalue weighted by Gasteiger charge is 2.36. The number of aromatic nitrogens is 1. The molecule has 0 saturated heterocycles. The van der Waals surface area contributed by atoms with E-state index in [0.29, 0.717) is 0 Å². The fourth-order valence-electron chi connectivity index (χ4n) is 8.95. The Morgan fingerprint density at radius 2 is 1.02 bits per heavy atom. The molecule has 1 aliphatic carbocycles. The van der Waals surface area contributed by atoms with Crippen molar-refractivity contribution < 1.29 is 4.42 Å². The Balaban J connectivity index is 1.19. The van der Waals surface area contributed by atoms with Crippen molar-refractivity contribution in [3.8, 4) is 16.8 Å². The SMILES string of the molecule is CC1(C)c2ccccc2-c2ccc(N(c3ccc4oc5ccccc5c4c3)c3ccc(-n4c5ccccc5c5ccccc54)c4ccccc34)cc21. The molecule has 246 valence electrons. The number of hydrogen-bond donors (Lipinski definition) is 0. The van der Waals surface area contributed by atoms with E-state index < -0.39 is 0 Å². The number of fused-ring (bicyclic) bond motifs is 10. The van der Waals surface area contributed by atoms with Crippen LogP contribution in [0.4, 0.5) is 17.1 Å². The van der Waals surface area contributed by atoms with Gasteiger partial charge in [-0.15, -0.1) is 0 Å². The van der Waals surface area contributed by atoms with Crippen LogP contribution in [0.2, 0.25) is 0 Å². The van der Waals surface area contributed by atoms with Gasteiger partial charge in [0.1, 0.15) is 11.2 Å². The summed E-state index contributed by atoms with van der Waals surface area (Å²) in [5, 5.41) is 7.13. The first-order valence-electron chi connectivity index (χ1n) is 18.0. The average Bonchev–Trinajstić information content (AvgIpc) is 3.81. The van der Waals surface area contributed by atoms with Crippen molar-refractivity contribution in [2.75, 3.05) is 4.90 Å². The van der Waals surface area contributed by atoms with Gasteiger partial charge in [0.15, 0.2) is 0 Å². The second-order valence-electron chi connectivity index (χ2n) is 14.5. The van der Waals surface area contributed by atoms with E-state index >= 15 is 0 Å². The molecule has 0 spiro atoms. The van der Waals surface area contributed by atoms with Gasteiger partial charge in [-0.3, -0.25) is 0 Å². The molecule has 52 heavy (non-hydrogen) atoms. The minimum atomic E-state index is -0.124. The summed E-state index contributed by atoms with van der Waals surface area (Å²) < 4.78 is 8.73. The van der Waals surface area contributed by atoms with Crippen LogP contribution in [0.1, 0.15) is 25.0 Å². The molecule has 2 heterocycles. The second-order valence-corrected chi connectivity index (χ2v) is 14.5. The topological polar surface area (TPSA) is 21.3 Å². The molecule has 8 aromatic carbocycles. The summed E-state index contributed by atoms with van der Waals surface area (Å²) in [7, 11) is 0. The fraction of sp³-hybridized carbons (Fsp3) is 0.0612. The molecule has 0 unspecified atom stereocenters. The minimum absolute atomic E-state index is 0.124. The summed E-state index contributed by atoms with van der Waals surface area (Å²) in [5.41, 5.74) is 13.9. The highest BCUT2D eigenvalue weighted by atomic mass is 16.3. The quantitative estimate of drug-likeness (QED) is 0.186. The number of nitrogens with zero attached hydrogens (tertiary/aromatic N) is 2. The molecule has 11 rings (SSSR count). The fourth-order valence-corrected chi connectivity index (χ4v) is 8.95. The zero-order valence-corrected chi connectivity index (χ0v) is 29.0. The van der Waals surface area contributed by atoms with Gasteiger partial charge >= 0.3 is 0 Å². The van der Waals surface area contributed by atoms with Gasteiger partial charge in [-0.2, -0.15) is 0 Å². The maximum Gasteiger partial charge on any atom is 0.135 e. The van der Waals surface area contributed by atoms with E-state index in [1.54, 1.807) is 0 Å². The number of anilines is 3. The van der Waals surface area contributed by atoms with Gasteiger partial charge in [0, 0.05) is 49.1 Å². The number of para-hydroxylation sites is 3. The van der Waals surface area contributed by atoms with E-state index in [9.17, 15) is 0 Å². The molecule has 0 bridgehead atoms. The predicted octanol–water partition coefficient (Wildman–Crippen LogP) is 13.6. The van der Waals surface area contributed by atoms with Gasteiger partial charge in [0.2, 0.25) is 0 Å². The zero-order chi connectivity index (χ0) is 34.6. The normalized spacial score (nSPS) is 13.3. The zero-order valence-electron chi connectivity index (χ0n) is 29.0. The number of benzene rings is 8. The van der Waals surface area contributed by atoms with E-state index in [2.05, 4.69) is 181 Å². The van der Waals surface area contributed by atoms with Crippen molar-refractivity contribution in [2.45, 2.75) is 19.3 Å². The molecule has 0 N–H and O–H groups in total. The molecule has 0 aliphatic heterocycles. The monoisotopic (exact) mass is 666 g/mol. The minimum Gasteiger partial charge on any atom is -0.456 e. The Kier molecular flexibility index (Phi) is 6.01. The molecule has 10 aromatic rings. The molecule has 0 fully saturated rings. The Morgan fingerprint density at radius 1 is 0.442 bits per heavy atom. The molecule has 0 radical (unpaired) electrons. The third-order valence-corrected chi connectivity index (χ3v) is 11.4. The molecule has 3 heteroatoms. The Labute approximate surface area is 301 Å². The smallest absolute Gasteiger partial charge is 0.135 e. The van der Waals surface area contributed by atoms with E-state index in [1.807, 2.05) is 12.1 Å². The van der Waals surface area contributed by atoms with Gasteiger partial charge in [-0.05, 0) is 82.9 Å². The van der Waals surface area contributed by atoms with Crippen LogP contribution in [0, 0.1) is 0 Å². The largest absolute Gasteiger partial charge is 0.456 e. The summed E-state index contributed by atoms with van der Waals surface area (Å²) in [4.78, 5) is 2.44. The van der Waals surface area contributed by atoms with Crippen LogP contribution in [0.25, 0.3) is 71.3 Å². The van der Waals surface area contributed by atoms with Crippen LogP contribution in [-0.4, -0.2) is 4.57 Å². The molecule has 0 amide bonds. The molecule has 3 nitrogen and oxygen atoms in total. The highest BCUT2D eigenvalue weighted by molar-refractivity contribution is 6.12. The van der Waals surface area contributed by atoms with Crippen molar-refractivity contribution in [1.82, 2.24) is 4.57 Å². The Hall–Kier alpha value is -6.58. The molecule has 2 aromatic heterocycles. The third-order valence-electron chi connectivity index (χ3n) is 11.4. The van der Waals surface area contributed by atoms with Gasteiger partial charge in [0.05, 0.1) is 22.4 Å². The molecule has 0 saturated carbocycles. The van der Waals surface area contributed by atoms with Crippen molar-refractivity contribution >= 4 is 71.6 Å². The van der Waals surface area contributed by atoms with Crippen molar-refractivity contribution in [3.63, 3.8) is 0 Å². The lowest BCUT2D eigenvalue weighted by molar-refractivity contribution is 0.660. The van der Waals surface area contributed by atoms with Gasteiger partial charge in [-0.25, -0.2) is 0 Å². The van der Waals surface area contributed by atoms with E-state index in [-0.39, 0.29) is 5.41 Å². The van der Waals surface area contributed by atoms with E-state index in [4.69, 9.17) is 4.42 Å². The van der Waals surface area contributed by atoms with Crippen molar-refractivity contribution in [1.29, 1.82) is 0 Å². The lowest BCUT2D eigenvalue weighted by Crippen LogP contribution is -2.16. The van der Waals surface area contributed by atoms with Crippen LogP contribution < -0.4 is 4.90 Å². The summed E-state index contributed by atoms with van der Waals surface area (Å²) in [6, 6.07) is 61.8. The van der Waals surface area contributed by atoms with Crippen LogP contribution >= 0.6 is 0 Å². The lowest BCUT2D eigenvalue weighted by Gasteiger charge is -2.29. The third kappa shape index (κ3) is 4.02. The Bertz CT molecular complexity index is 3010. The molecule has 0 atom stereocenters. The first-order valence-corrected chi connectivity index (χ1v) is 18.0. The lowest BCUT2D eigenvalue weighted by atomic mass is 9.82. The molecular weight excluding hydrogens is 633 g/mol. The molecular formula is C49H34N2O. The van der Waals surface area contributed by atoms with Crippen LogP contribution in [0.3, 0.4) is 0 Å². The summed E-state index contributed by atoms with van der Waals surface area (Å²) in [6.45, 7) is 4.71. The van der Waals surface area contributed by atoms with E-state index in [1.165, 1.54) is 60.5 Å². The first-order chi connectivity index (χ1) is 25.6. The highest BCUT2D eigenvalue weighted by Crippen LogP contribution is 2.51. The maximum absolute atomic E-state index is 6.30. The summed E-state index contributed by atoms with van der Waals surface area (Å²) in [6.07, 6.45) is 0. The predicted molar refractivity (Wildman–Crippen MR) is 218 cm³/mol. The summed E-state index contributed by atoms with van der Waals surface area (Å²) >= 11 is 0. The van der Waals surface area contributed by atoms with Gasteiger partial charge in [-0.1, -0.05) is 123 Å². The van der Waals surface area contributed by atoms with Gasteiger partial charge in [0.25, 0.3) is 0 Å². The van der Waals surface area contributed by atoms with Crippen molar-refractivity contribution in [3.05, 3.63) is 181 Å². The van der Waals surface area contributed by atoms with Crippen molar-refractivity contribution in [2.24, 2.45) is 0 Å². The number of furan rings is 1. The Morgan fingerprint density at radius 3 is 1.81 bits per heavy atom. The van der Waals surface area contributed by atoms with E-state index in [0.717, 1.165) is 39.0 Å². The second kappa shape index (κ2) is 10.7. The van der Waals surface area contributed by atoms with Crippen LogP contribution in [0.5, 0.6) is 0 Å². The van der Waals surface area contributed by atoms with Gasteiger partial charge < -0.3 is 13.9 Å². The maximum atomic E-state index is 6.30. The number of rotatable bonds is 4. The number of hydrogen-bond acceptors (Lipinski definition) is 2.